The number of hydrogen-bond acceptors (Lipinski definition) is 6. The van der Waals surface area contributed by atoms with Gasteiger partial charge in [0.1, 0.15) is 18.5 Å². The minimum absolute atomic E-state index is 0.0249. The van der Waals surface area contributed by atoms with Crippen molar-refractivity contribution in [1.29, 1.82) is 0 Å². The fourth-order valence-electron chi connectivity index (χ4n) is 2.20. The lowest BCUT2D eigenvalue weighted by Crippen LogP contribution is -2.21. The molecule has 0 aromatic heterocycles. The summed E-state index contributed by atoms with van der Waals surface area (Å²) < 4.78 is 36.6. The van der Waals surface area contributed by atoms with Crippen molar-refractivity contribution in [1.82, 2.24) is 0 Å². The molecule has 0 heterocycles. The highest BCUT2D eigenvalue weighted by atomic mass is 35.5. The van der Waals surface area contributed by atoms with Crippen LogP contribution < -0.4 is 9.47 Å². The average molecular weight is 484 g/mol. The summed E-state index contributed by atoms with van der Waals surface area (Å²) >= 11 is 18.0. The zero-order chi connectivity index (χ0) is 21.6. The molecule has 0 spiro atoms. The first-order valence-electron chi connectivity index (χ1n) is 8.63. The fraction of sp³-hybridized carbons (Fsp3) is 0.368. The predicted molar refractivity (Wildman–Crippen MR) is 112 cm³/mol. The molecule has 0 radical (unpaired) electrons. The van der Waals surface area contributed by atoms with Crippen molar-refractivity contribution in [2.75, 3.05) is 25.7 Å². The molecule has 2 rings (SSSR count). The van der Waals surface area contributed by atoms with E-state index in [0.717, 1.165) is 0 Å². The van der Waals surface area contributed by atoms with Crippen LogP contribution in [0.25, 0.3) is 0 Å². The number of aliphatic hydroxyl groups is 2. The van der Waals surface area contributed by atoms with E-state index in [1.807, 2.05) is 6.92 Å². The molecular formula is C19H21Cl3O6S. The summed E-state index contributed by atoms with van der Waals surface area (Å²) in [4.78, 5) is -0.0567. The van der Waals surface area contributed by atoms with Crippen LogP contribution in [0.5, 0.6) is 11.5 Å². The highest BCUT2D eigenvalue weighted by Crippen LogP contribution is 2.37. The van der Waals surface area contributed by atoms with Gasteiger partial charge in [0, 0.05) is 11.8 Å². The second-order valence-electron chi connectivity index (χ2n) is 6.41. The molecule has 0 aliphatic rings. The molecule has 10 heteroatoms. The monoisotopic (exact) mass is 482 g/mol. The first kappa shape index (κ1) is 24.1. The minimum Gasteiger partial charge on any atom is -0.493 e. The number of halogens is 3. The molecule has 0 aliphatic carbocycles. The van der Waals surface area contributed by atoms with E-state index in [9.17, 15) is 13.5 Å². The molecule has 0 aliphatic heterocycles. The van der Waals surface area contributed by atoms with Gasteiger partial charge in [-0.2, -0.15) is 0 Å². The maximum atomic E-state index is 12.9. The van der Waals surface area contributed by atoms with E-state index in [2.05, 4.69) is 0 Å². The van der Waals surface area contributed by atoms with Gasteiger partial charge >= 0.3 is 0 Å². The van der Waals surface area contributed by atoms with Crippen LogP contribution in [-0.2, 0) is 9.84 Å². The van der Waals surface area contributed by atoms with Crippen molar-refractivity contribution in [3.8, 4) is 11.5 Å². The van der Waals surface area contributed by atoms with Gasteiger partial charge in [-0.25, -0.2) is 8.42 Å². The van der Waals surface area contributed by atoms with Crippen LogP contribution in [0.4, 0.5) is 0 Å². The third-order valence-electron chi connectivity index (χ3n) is 3.84. The highest BCUT2D eigenvalue weighted by molar-refractivity contribution is 7.91. The lowest BCUT2D eigenvalue weighted by Gasteiger charge is -2.14. The molecular weight excluding hydrogens is 463 g/mol. The number of sulfone groups is 1. The summed E-state index contributed by atoms with van der Waals surface area (Å²) in [6, 6.07) is 8.42. The van der Waals surface area contributed by atoms with Gasteiger partial charge < -0.3 is 19.7 Å². The zero-order valence-corrected chi connectivity index (χ0v) is 18.6. The van der Waals surface area contributed by atoms with Crippen LogP contribution in [0.15, 0.2) is 46.2 Å². The Bertz CT molecular complexity index is 895. The lowest BCUT2D eigenvalue weighted by atomic mass is 10.2. The van der Waals surface area contributed by atoms with Gasteiger partial charge in [-0.05, 0) is 36.4 Å². The molecule has 2 N–H and O–H groups in total. The number of ether oxygens (including phenoxy) is 2. The number of benzene rings is 2. The molecule has 6 nitrogen and oxygen atoms in total. The SMILES string of the molecule is C[C@@H](CCl)COc1ccc(S(=O)(=O)c2cc(Cl)c(OC[C@H](O)CO)c(Cl)c2)cc1. The summed E-state index contributed by atoms with van der Waals surface area (Å²) in [5.74, 6) is 1.19. The number of rotatable bonds is 10. The summed E-state index contributed by atoms with van der Waals surface area (Å²) in [7, 11) is -3.88. The Balaban J connectivity index is 2.22. The third kappa shape index (κ3) is 6.38. The van der Waals surface area contributed by atoms with Crippen molar-refractivity contribution in [2.45, 2.75) is 22.8 Å². The molecule has 2 aromatic carbocycles. The topological polar surface area (TPSA) is 93.1 Å². The lowest BCUT2D eigenvalue weighted by molar-refractivity contribution is 0.0536. The molecule has 0 unspecified atom stereocenters. The standard InChI is InChI=1S/C19H21Cl3O6S/c1-12(8-20)10-27-14-2-4-15(5-3-14)29(25,26)16-6-17(21)19(18(22)7-16)28-11-13(24)9-23/h2-7,12-13,23-24H,8-11H2,1H3/t12-,13+/m0/s1. The van der Waals surface area contributed by atoms with Crippen molar-refractivity contribution >= 4 is 44.6 Å². The van der Waals surface area contributed by atoms with E-state index >= 15 is 0 Å². The van der Waals surface area contributed by atoms with E-state index in [0.29, 0.717) is 18.2 Å². The van der Waals surface area contributed by atoms with E-state index in [1.54, 1.807) is 12.1 Å². The Morgan fingerprint density at radius 2 is 1.59 bits per heavy atom. The molecule has 2 atom stereocenters. The molecule has 0 saturated heterocycles. The van der Waals surface area contributed by atoms with Gasteiger partial charge in [0.15, 0.2) is 5.75 Å². The van der Waals surface area contributed by atoms with E-state index in [-0.39, 0.29) is 38.1 Å². The van der Waals surface area contributed by atoms with Crippen LogP contribution in [0.3, 0.4) is 0 Å². The fourth-order valence-corrected chi connectivity index (χ4v) is 4.32. The predicted octanol–water partition coefficient (Wildman–Crippen LogP) is 3.81. The van der Waals surface area contributed by atoms with Gasteiger partial charge in [-0.3, -0.25) is 0 Å². The number of hydrogen-bond donors (Lipinski definition) is 2. The number of alkyl halides is 1. The maximum Gasteiger partial charge on any atom is 0.206 e. The second kappa shape index (κ2) is 10.7. The maximum absolute atomic E-state index is 12.9. The van der Waals surface area contributed by atoms with Crippen molar-refractivity contribution in [2.24, 2.45) is 5.92 Å². The van der Waals surface area contributed by atoms with Crippen molar-refractivity contribution in [3.63, 3.8) is 0 Å². The first-order valence-corrected chi connectivity index (χ1v) is 11.4. The smallest absolute Gasteiger partial charge is 0.206 e. The normalized spacial score (nSPS) is 13.7. The Morgan fingerprint density at radius 3 is 2.10 bits per heavy atom. The molecule has 0 saturated carbocycles. The Hall–Kier alpha value is -1.22. The summed E-state index contributed by atoms with van der Waals surface area (Å²) in [6.07, 6.45) is -1.11. The van der Waals surface area contributed by atoms with Crippen LogP contribution in [0.2, 0.25) is 10.0 Å². The van der Waals surface area contributed by atoms with Gasteiger partial charge in [0.25, 0.3) is 0 Å². The van der Waals surface area contributed by atoms with Crippen LogP contribution in [0, 0.1) is 5.92 Å². The van der Waals surface area contributed by atoms with Gasteiger partial charge in [-0.15, -0.1) is 11.6 Å². The average Bonchev–Trinajstić information content (AvgIpc) is 2.71. The van der Waals surface area contributed by atoms with Crippen LogP contribution in [0.1, 0.15) is 6.92 Å². The number of aliphatic hydroxyl groups excluding tert-OH is 2. The Morgan fingerprint density at radius 1 is 1.00 bits per heavy atom. The van der Waals surface area contributed by atoms with Gasteiger partial charge in [-0.1, -0.05) is 30.1 Å². The van der Waals surface area contributed by atoms with E-state index in [1.165, 1.54) is 24.3 Å². The summed E-state index contributed by atoms with van der Waals surface area (Å²) in [6.45, 7) is 1.63. The van der Waals surface area contributed by atoms with Gasteiger partial charge in [0.05, 0.1) is 33.0 Å². The van der Waals surface area contributed by atoms with Gasteiger partial charge in [0.2, 0.25) is 9.84 Å². The quantitative estimate of drug-likeness (QED) is 0.499. The third-order valence-corrected chi connectivity index (χ3v) is 6.68. The minimum atomic E-state index is -3.88. The van der Waals surface area contributed by atoms with Crippen LogP contribution in [-0.4, -0.2) is 50.4 Å². The molecule has 2 aromatic rings. The van der Waals surface area contributed by atoms with E-state index < -0.39 is 22.5 Å². The first-order chi connectivity index (χ1) is 13.7. The van der Waals surface area contributed by atoms with Crippen LogP contribution >= 0.6 is 34.8 Å². The molecule has 0 bridgehead atoms. The summed E-state index contributed by atoms with van der Waals surface area (Å²) in [5.41, 5.74) is 0. The highest BCUT2D eigenvalue weighted by Gasteiger charge is 2.22. The molecule has 0 amide bonds. The van der Waals surface area contributed by atoms with Crippen molar-refractivity contribution < 1.29 is 28.1 Å². The van der Waals surface area contributed by atoms with Crippen molar-refractivity contribution in [3.05, 3.63) is 46.4 Å². The molecule has 0 fully saturated rings. The Kier molecular flexibility index (Phi) is 8.88. The molecule has 29 heavy (non-hydrogen) atoms. The molecule has 160 valence electrons. The summed E-state index contributed by atoms with van der Waals surface area (Å²) in [5, 5.41) is 18.1. The zero-order valence-electron chi connectivity index (χ0n) is 15.5. The van der Waals surface area contributed by atoms with E-state index in [4.69, 9.17) is 49.4 Å². The largest absolute Gasteiger partial charge is 0.493 e. The second-order valence-corrected chi connectivity index (χ2v) is 9.48. The Labute approximate surface area is 184 Å².